The quantitative estimate of drug-likeness (QED) is 0.139. The molecule has 0 aliphatic carbocycles. The number of hydrogen-bond donors (Lipinski definition) is 0. The monoisotopic (exact) mass is 782 g/mol. The number of hydrogen-bond acceptors (Lipinski definition) is 18. The number of esters is 4. The van der Waals surface area contributed by atoms with Crippen molar-refractivity contribution in [2.45, 2.75) is 76.7 Å². The van der Waals surface area contributed by atoms with Gasteiger partial charge in [0.25, 0.3) is 23.6 Å². The molecule has 0 saturated carbocycles. The molecule has 2 aromatic rings. The normalized spacial score (nSPS) is 21.2. The molecule has 1 saturated heterocycles. The van der Waals surface area contributed by atoms with E-state index in [2.05, 4.69) is 0 Å². The fraction of sp³-hybridized carbons (Fsp3) is 0.389. The van der Waals surface area contributed by atoms with Crippen LogP contribution >= 0.6 is 0 Å². The number of imide groups is 2. The Bertz CT molecular complexity index is 1890. The first-order valence-electron chi connectivity index (χ1n) is 16.9. The van der Waals surface area contributed by atoms with Gasteiger partial charge in [-0.3, -0.25) is 38.4 Å². The fourth-order valence-corrected chi connectivity index (χ4v) is 5.82. The molecular formula is C36H34N2O18. The Morgan fingerprint density at radius 3 is 1.46 bits per heavy atom. The first-order valence-corrected chi connectivity index (χ1v) is 16.9. The van der Waals surface area contributed by atoms with Crippen molar-refractivity contribution >= 4 is 59.4 Å². The van der Waals surface area contributed by atoms with Crippen LogP contribution in [-0.4, -0.2) is 114 Å². The zero-order chi connectivity index (χ0) is 40.7. The van der Waals surface area contributed by atoms with E-state index in [0.717, 1.165) is 13.8 Å². The van der Waals surface area contributed by atoms with Crippen molar-refractivity contribution in [2.24, 2.45) is 0 Å². The van der Waals surface area contributed by atoms with Gasteiger partial charge >= 0.3 is 35.8 Å². The Labute approximate surface area is 316 Å². The van der Waals surface area contributed by atoms with Gasteiger partial charge in [-0.2, -0.15) is 0 Å². The second-order valence-corrected chi connectivity index (χ2v) is 12.2. The Kier molecular flexibility index (Phi) is 12.9. The summed E-state index contributed by atoms with van der Waals surface area (Å²) in [5.41, 5.74) is 0.172. The second-order valence-electron chi connectivity index (χ2n) is 12.2. The largest absolute Gasteiger partial charge is 0.463 e. The van der Waals surface area contributed by atoms with Gasteiger partial charge in [-0.05, 0) is 30.7 Å². The molecule has 0 aromatic heterocycles. The van der Waals surface area contributed by atoms with Gasteiger partial charge in [0.2, 0.25) is 0 Å². The Morgan fingerprint density at radius 1 is 0.571 bits per heavy atom. The van der Waals surface area contributed by atoms with Gasteiger partial charge in [0.1, 0.15) is 12.7 Å². The van der Waals surface area contributed by atoms with Crippen molar-refractivity contribution in [2.75, 3.05) is 13.7 Å². The van der Waals surface area contributed by atoms with E-state index in [0.29, 0.717) is 5.06 Å². The molecule has 1 fully saturated rings. The topological polar surface area (TPSA) is 251 Å². The third-order valence-electron chi connectivity index (χ3n) is 8.30. The second kappa shape index (κ2) is 17.7. The summed E-state index contributed by atoms with van der Waals surface area (Å²) in [5, 5.41) is 0.601. The average Bonchev–Trinajstić information content (AvgIpc) is 3.54. The number of ether oxygens (including phenoxy) is 6. The van der Waals surface area contributed by atoms with E-state index >= 15 is 0 Å². The van der Waals surface area contributed by atoms with Crippen LogP contribution in [0.2, 0.25) is 0 Å². The Hall–Kier alpha value is -6.54. The molecule has 0 unspecified atom stereocenters. The standard InChI is InChI=1S/C36H34N2O18/c1-18(39)51-30-29(54-26(42)13-8-14-27(43)55-37-32(45)20-9-4-5-10-21(20)33(37)46)24(53-36(49-3)31(30)52-19(2)40)17-50-25(41)15-16-28(44)56-38-34(47)22-11-6-7-12-23(22)35(38)48/h4-7,9-12,24,29-31,36H,8,13-17H2,1-3H3/t24-,29-,30+,31-,36+/m1/s1. The van der Waals surface area contributed by atoms with Crippen LogP contribution in [0.25, 0.3) is 0 Å². The van der Waals surface area contributed by atoms with Crippen LogP contribution in [0.15, 0.2) is 48.5 Å². The highest BCUT2D eigenvalue weighted by molar-refractivity contribution is 6.21. The molecule has 3 heterocycles. The number of methoxy groups -OCH3 is 1. The lowest BCUT2D eigenvalue weighted by molar-refractivity contribution is -0.302. The molecule has 56 heavy (non-hydrogen) atoms. The van der Waals surface area contributed by atoms with E-state index in [9.17, 15) is 47.9 Å². The molecule has 20 heteroatoms. The molecule has 3 aliphatic heterocycles. The van der Waals surface area contributed by atoms with E-state index in [4.69, 9.17) is 38.1 Å². The molecular weight excluding hydrogens is 748 g/mol. The van der Waals surface area contributed by atoms with Gasteiger partial charge in [-0.1, -0.05) is 34.4 Å². The van der Waals surface area contributed by atoms with E-state index in [1.807, 2.05) is 0 Å². The molecule has 0 bridgehead atoms. The summed E-state index contributed by atoms with van der Waals surface area (Å²) >= 11 is 0. The SMILES string of the molecule is CO[C@H]1O[C@H](COC(=O)CCC(=O)ON2C(=O)c3ccccc3C2=O)[C@@H](OC(=O)CCCC(=O)ON2C(=O)c3ccccc3C2=O)[C@H](OC(C)=O)[C@H]1OC(C)=O. The lowest BCUT2D eigenvalue weighted by Crippen LogP contribution is -2.62. The number of benzene rings is 2. The maximum absolute atomic E-state index is 13.1. The molecule has 20 nitrogen and oxygen atoms in total. The summed E-state index contributed by atoms with van der Waals surface area (Å²) in [5.74, 6) is -9.26. The highest BCUT2D eigenvalue weighted by Crippen LogP contribution is 2.30. The third kappa shape index (κ3) is 9.21. The molecule has 2 aromatic carbocycles. The van der Waals surface area contributed by atoms with Crippen molar-refractivity contribution in [3.8, 4) is 0 Å². The van der Waals surface area contributed by atoms with Crippen LogP contribution in [0, 0.1) is 0 Å². The van der Waals surface area contributed by atoms with E-state index in [1.165, 1.54) is 55.6 Å². The van der Waals surface area contributed by atoms with Crippen molar-refractivity contribution < 1.29 is 86.0 Å². The highest BCUT2D eigenvalue weighted by atomic mass is 16.7. The first kappa shape index (κ1) is 40.6. The molecule has 5 atom stereocenters. The molecule has 0 N–H and O–H groups in total. The summed E-state index contributed by atoms with van der Waals surface area (Å²) in [6, 6.07) is 11.7. The maximum atomic E-state index is 13.1. The molecule has 5 rings (SSSR count). The molecule has 3 aliphatic rings. The average molecular weight is 783 g/mol. The molecule has 0 radical (unpaired) electrons. The third-order valence-corrected chi connectivity index (χ3v) is 8.30. The molecule has 4 amide bonds. The Morgan fingerprint density at radius 2 is 1.00 bits per heavy atom. The predicted molar refractivity (Wildman–Crippen MR) is 177 cm³/mol. The summed E-state index contributed by atoms with van der Waals surface area (Å²) in [7, 11) is 1.17. The van der Waals surface area contributed by atoms with Gasteiger partial charge in [-0.15, -0.1) is 0 Å². The summed E-state index contributed by atoms with van der Waals surface area (Å²) in [6.07, 6.45) is -9.90. The van der Waals surface area contributed by atoms with Crippen LogP contribution in [0.5, 0.6) is 0 Å². The number of nitrogens with zero attached hydrogens (tertiary/aromatic N) is 2. The minimum Gasteiger partial charge on any atom is -0.463 e. The maximum Gasteiger partial charge on any atom is 0.333 e. The van der Waals surface area contributed by atoms with Crippen molar-refractivity contribution in [1.29, 1.82) is 0 Å². The summed E-state index contributed by atoms with van der Waals surface area (Å²) in [4.78, 5) is 135. The van der Waals surface area contributed by atoms with Crippen LogP contribution < -0.4 is 0 Å². The summed E-state index contributed by atoms with van der Waals surface area (Å²) < 4.78 is 32.5. The molecule has 296 valence electrons. The van der Waals surface area contributed by atoms with Crippen molar-refractivity contribution in [3.63, 3.8) is 0 Å². The number of hydroxylamine groups is 4. The van der Waals surface area contributed by atoms with Gasteiger partial charge in [0.15, 0.2) is 24.6 Å². The van der Waals surface area contributed by atoms with Crippen LogP contribution in [0.3, 0.4) is 0 Å². The fourth-order valence-electron chi connectivity index (χ4n) is 5.82. The predicted octanol–water partition coefficient (Wildman–Crippen LogP) is 1.14. The highest BCUT2D eigenvalue weighted by Gasteiger charge is 2.53. The van der Waals surface area contributed by atoms with Crippen molar-refractivity contribution in [3.05, 3.63) is 70.8 Å². The van der Waals surface area contributed by atoms with E-state index < -0.39 is 122 Å². The van der Waals surface area contributed by atoms with Gasteiger partial charge < -0.3 is 38.1 Å². The molecule has 0 spiro atoms. The van der Waals surface area contributed by atoms with Crippen LogP contribution in [-0.2, 0) is 66.9 Å². The number of fused-ring (bicyclic) bond motifs is 2. The first-order chi connectivity index (χ1) is 26.7. The van der Waals surface area contributed by atoms with Gasteiger partial charge in [0, 0.05) is 33.8 Å². The smallest absolute Gasteiger partial charge is 0.333 e. The van der Waals surface area contributed by atoms with Crippen LogP contribution in [0.4, 0.5) is 0 Å². The van der Waals surface area contributed by atoms with E-state index in [1.54, 1.807) is 0 Å². The number of rotatable bonds is 15. The van der Waals surface area contributed by atoms with Gasteiger partial charge in [-0.25, -0.2) is 9.59 Å². The number of carbonyl (C=O) groups is 10. The lowest BCUT2D eigenvalue weighted by atomic mass is 9.98. The summed E-state index contributed by atoms with van der Waals surface area (Å²) in [6.45, 7) is 1.38. The minimum absolute atomic E-state index is 0.0341. The lowest BCUT2D eigenvalue weighted by Gasteiger charge is -2.43. The zero-order valence-electron chi connectivity index (χ0n) is 30.0. The zero-order valence-corrected chi connectivity index (χ0v) is 30.0. The Balaban J connectivity index is 1.18. The van der Waals surface area contributed by atoms with E-state index in [-0.39, 0.29) is 33.7 Å². The van der Waals surface area contributed by atoms with Crippen molar-refractivity contribution in [1.82, 2.24) is 10.1 Å². The number of carbonyl (C=O) groups excluding carboxylic acids is 10. The van der Waals surface area contributed by atoms with Gasteiger partial charge in [0.05, 0.1) is 35.1 Å². The number of amides is 4. The van der Waals surface area contributed by atoms with Crippen LogP contribution in [0.1, 0.15) is 87.4 Å². The minimum atomic E-state index is -1.61.